The zero-order chi connectivity index (χ0) is 19.6. The molecule has 2 aliphatic heterocycles. The van der Waals surface area contributed by atoms with Crippen molar-refractivity contribution < 1.29 is 24.2 Å². The summed E-state index contributed by atoms with van der Waals surface area (Å²) in [6, 6.07) is 5.64. The number of rotatable bonds is 4. The molecule has 2 amide bonds. The number of hydrogen-bond acceptors (Lipinski definition) is 4. The summed E-state index contributed by atoms with van der Waals surface area (Å²) in [7, 11) is 0. The number of hydrogen-bond donors (Lipinski definition) is 2. The van der Waals surface area contributed by atoms with Gasteiger partial charge in [-0.25, -0.2) is 4.79 Å². The molecule has 1 fully saturated rings. The first-order chi connectivity index (χ1) is 12.8. The summed E-state index contributed by atoms with van der Waals surface area (Å²) in [6.07, 6.45) is 0.613. The number of nitrogens with one attached hydrogen (secondary N) is 1. The molecule has 148 valence electrons. The van der Waals surface area contributed by atoms with Gasteiger partial charge in [0.15, 0.2) is 11.5 Å². The number of carbonyl (C=O) groups excluding carboxylic acids is 1. The van der Waals surface area contributed by atoms with Crippen LogP contribution in [-0.2, 0) is 10.2 Å². The molecule has 2 N–H and O–H groups in total. The average Bonchev–Trinajstić information content (AvgIpc) is 2.65. The molecular weight excluding hydrogens is 348 g/mol. The van der Waals surface area contributed by atoms with Crippen molar-refractivity contribution in [2.75, 3.05) is 32.8 Å². The van der Waals surface area contributed by atoms with Gasteiger partial charge in [0, 0.05) is 25.0 Å². The summed E-state index contributed by atoms with van der Waals surface area (Å²) >= 11 is 0. The Hall–Kier alpha value is -2.44. The van der Waals surface area contributed by atoms with E-state index in [0.29, 0.717) is 32.7 Å². The number of urea groups is 1. The molecule has 0 aliphatic carbocycles. The standard InChI is InChI=1S/C20H28N2O5/c1-13-8-14(18(23)24)11-22(10-13)19(25)21-12-20(2,3)15-4-5-16-17(9-15)27-7-6-26-16/h4-5,9,13-14H,6-8,10-12H2,1-3H3,(H,21,25)(H,23,24). The third kappa shape index (κ3) is 4.46. The predicted molar refractivity (Wildman–Crippen MR) is 100 cm³/mol. The van der Waals surface area contributed by atoms with Crippen molar-refractivity contribution in [1.82, 2.24) is 10.2 Å². The van der Waals surface area contributed by atoms with Gasteiger partial charge < -0.3 is 24.8 Å². The normalized spacial score (nSPS) is 22.3. The minimum atomic E-state index is -0.837. The number of carbonyl (C=O) groups is 2. The van der Waals surface area contributed by atoms with E-state index in [1.807, 2.05) is 25.1 Å². The van der Waals surface area contributed by atoms with Crippen LogP contribution in [0, 0.1) is 11.8 Å². The second-order valence-corrected chi connectivity index (χ2v) is 8.18. The SMILES string of the molecule is CC1CC(C(=O)O)CN(C(=O)NCC(C)(C)c2ccc3c(c2)OCCO3)C1. The van der Waals surface area contributed by atoms with E-state index in [4.69, 9.17) is 9.47 Å². The van der Waals surface area contributed by atoms with E-state index >= 15 is 0 Å². The van der Waals surface area contributed by atoms with Crippen molar-refractivity contribution >= 4 is 12.0 Å². The number of aliphatic carboxylic acids is 1. The zero-order valence-electron chi connectivity index (χ0n) is 16.2. The van der Waals surface area contributed by atoms with Crippen molar-refractivity contribution in [2.45, 2.75) is 32.6 Å². The van der Waals surface area contributed by atoms with Crippen LogP contribution < -0.4 is 14.8 Å². The van der Waals surface area contributed by atoms with Gasteiger partial charge in [0.25, 0.3) is 0 Å². The minimum absolute atomic E-state index is 0.177. The number of piperidine rings is 1. The Morgan fingerprint density at radius 1 is 1.22 bits per heavy atom. The molecule has 0 spiro atoms. The van der Waals surface area contributed by atoms with Crippen LogP contribution in [0.15, 0.2) is 18.2 Å². The Balaban J connectivity index is 1.62. The number of nitrogens with zero attached hydrogens (tertiary/aromatic N) is 1. The van der Waals surface area contributed by atoms with Crippen LogP contribution in [0.1, 0.15) is 32.8 Å². The van der Waals surface area contributed by atoms with Crippen molar-refractivity contribution in [2.24, 2.45) is 11.8 Å². The lowest BCUT2D eigenvalue weighted by molar-refractivity contribution is -0.143. The maximum atomic E-state index is 12.6. The maximum absolute atomic E-state index is 12.6. The van der Waals surface area contributed by atoms with Crippen LogP contribution in [0.2, 0.25) is 0 Å². The van der Waals surface area contributed by atoms with E-state index in [-0.39, 0.29) is 23.9 Å². The van der Waals surface area contributed by atoms with Gasteiger partial charge in [-0.3, -0.25) is 4.79 Å². The molecule has 2 atom stereocenters. The van der Waals surface area contributed by atoms with Crippen LogP contribution in [0.4, 0.5) is 4.79 Å². The highest BCUT2D eigenvalue weighted by atomic mass is 16.6. The second-order valence-electron chi connectivity index (χ2n) is 8.18. The second kappa shape index (κ2) is 7.66. The highest BCUT2D eigenvalue weighted by molar-refractivity contribution is 5.76. The molecule has 3 rings (SSSR count). The third-order valence-electron chi connectivity index (χ3n) is 5.30. The Morgan fingerprint density at radius 2 is 1.93 bits per heavy atom. The molecule has 1 saturated heterocycles. The number of carboxylic acid groups (broad SMARTS) is 1. The Morgan fingerprint density at radius 3 is 2.63 bits per heavy atom. The van der Waals surface area contributed by atoms with Gasteiger partial charge in [0.2, 0.25) is 0 Å². The smallest absolute Gasteiger partial charge is 0.317 e. The average molecular weight is 376 g/mol. The minimum Gasteiger partial charge on any atom is -0.486 e. The lowest BCUT2D eigenvalue weighted by Gasteiger charge is -2.35. The third-order valence-corrected chi connectivity index (χ3v) is 5.30. The van der Waals surface area contributed by atoms with E-state index in [9.17, 15) is 14.7 Å². The Kier molecular flexibility index (Phi) is 5.48. The van der Waals surface area contributed by atoms with Crippen LogP contribution >= 0.6 is 0 Å². The van der Waals surface area contributed by atoms with Gasteiger partial charge in [0.1, 0.15) is 13.2 Å². The molecule has 7 nitrogen and oxygen atoms in total. The van der Waals surface area contributed by atoms with Gasteiger partial charge in [-0.15, -0.1) is 0 Å². The number of fused-ring (bicyclic) bond motifs is 1. The summed E-state index contributed by atoms with van der Waals surface area (Å²) in [4.78, 5) is 25.5. The van der Waals surface area contributed by atoms with E-state index in [0.717, 1.165) is 17.1 Å². The molecule has 0 radical (unpaired) electrons. The van der Waals surface area contributed by atoms with Crippen molar-refractivity contribution in [1.29, 1.82) is 0 Å². The fraction of sp³-hybridized carbons (Fsp3) is 0.600. The summed E-state index contributed by atoms with van der Waals surface area (Å²) in [5, 5.41) is 12.3. The van der Waals surface area contributed by atoms with Crippen LogP contribution in [-0.4, -0.2) is 54.9 Å². The summed E-state index contributed by atoms with van der Waals surface area (Å²) in [5.41, 5.74) is 0.738. The highest BCUT2D eigenvalue weighted by Gasteiger charge is 2.32. The van der Waals surface area contributed by atoms with Crippen molar-refractivity contribution in [3.05, 3.63) is 23.8 Å². The molecule has 1 aromatic rings. The predicted octanol–water partition coefficient (Wildman–Crippen LogP) is 2.49. The topological polar surface area (TPSA) is 88.1 Å². The van der Waals surface area contributed by atoms with Gasteiger partial charge in [-0.1, -0.05) is 26.8 Å². The molecule has 2 unspecified atom stereocenters. The summed E-state index contributed by atoms with van der Waals surface area (Å²) in [6.45, 7) is 8.46. The van der Waals surface area contributed by atoms with E-state index < -0.39 is 11.9 Å². The van der Waals surface area contributed by atoms with E-state index in [2.05, 4.69) is 19.2 Å². The zero-order valence-corrected chi connectivity index (χ0v) is 16.2. The number of amides is 2. The quantitative estimate of drug-likeness (QED) is 0.843. The first-order valence-corrected chi connectivity index (χ1v) is 9.42. The first-order valence-electron chi connectivity index (χ1n) is 9.42. The first kappa shape index (κ1) is 19.3. The molecule has 0 bridgehead atoms. The lowest BCUT2D eigenvalue weighted by Crippen LogP contribution is -2.51. The Labute approximate surface area is 159 Å². The van der Waals surface area contributed by atoms with Gasteiger partial charge >= 0.3 is 12.0 Å². The number of benzene rings is 1. The monoisotopic (exact) mass is 376 g/mol. The van der Waals surface area contributed by atoms with Crippen LogP contribution in [0.25, 0.3) is 0 Å². The van der Waals surface area contributed by atoms with Gasteiger partial charge in [-0.2, -0.15) is 0 Å². The molecular formula is C20H28N2O5. The summed E-state index contributed by atoms with van der Waals surface area (Å²) < 4.78 is 11.2. The molecule has 1 aromatic carbocycles. The summed E-state index contributed by atoms with van der Waals surface area (Å²) in [5.74, 6) is 0.317. The largest absolute Gasteiger partial charge is 0.486 e. The highest BCUT2D eigenvalue weighted by Crippen LogP contribution is 2.35. The van der Waals surface area contributed by atoms with Gasteiger partial charge in [0.05, 0.1) is 5.92 Å². The van der Waals surface area contributed by atoms with Crippen LogP contribution in [0.3, 0.4) is 0 Å². The molecule has 0 aromatic heterocycles. The van der Waals surface area contributed by atoms with Crippen LogP contribution in [0.5, 0.6) is 11.5 Å². The van der Waals surface area contributed by atoms with Crippen molar-refractivity contribution in [3.8, 4) is 11.5 Å². The lowest BCUT2D eigenvalue weighted by atomic mass is 9.84. The Bertz CT molecular complexity index is 718. The number of likely N-dealkylation sites (tertiary alicyclic amines) is 1. The fourth-order valence-electron chi connectivity index (χ4n) is 3.67. The molecule has 0 saturated carbocycles. The number of carboxylic acids is 1. The van der Waals surface area contributed by atoms with E-state index in [1.165, 1.54) is 0 Å². The van der Waals surface area contributed by atoms with E-state index in [1.54, 1.807) is 4.90 Å². The number of ether oxygens (including phenoxy) is 2. The molecule has 27 heavy (non-hydrogen) atoms. The van der Waals surface area contributed by atoms with Gasteiger partial charge in [-0.05, 0) is 30.0 Å². The maximum Gasteiger partial charge on any atom is 0.317 e. The molecule has 7 heteroatoms. The molecule has 2 aliphatic rings. The van der Waals surface area contributed by atoms with Crippen molar-refractivity contribution in [3.63, 3.8) is 0 Å². The fourth-order valence-corrected chi connectivity index (χ4v) is 3.67. The molecule has 2 heterocycles.